The van der Waals surface area contributed by atoms with Crippen molar-refractivity contribution in [3.63, 3.8) is 0 Å². The molecule has 0 aliphatic rings. The molecule has 0 fully saturated rings. The summed E-state index contributed by atoms with van der Waals surface area (Å²) in [6.45, 7) is 14.0. The van der Waals surface area contributed by atoms with Gasteiger partial charge in [0.05, 0.1) is 11.4 Å². The van der Waals surface area contributed by atoms with E-state index in [0.29, 0.717) is 0 Å². The summed E-state index contributed by atoms with van der Waals surface area (Å²) in [6.07, 6.45) is 11.8. The van der Waals surface area contributed by atoms with Gasteiger partial charge in [0.25, 0.3) is 0 Å². The fourth-order valence-corrected chi connectivity index (χ4v) is 2.17. The van der Waals surface area contributed by atoms with E-state index in [1.807, 2.05) is 70.3 Å². The zero-order chi connectivity index (χ0) is 17.9. The molecule has 0 amide bonds. The molecule has 24 heavy (non-hydrogen) atoms. The van der Waals surface area contributed by atoms with Crippen molar-refractivity contribution in [2.75, 3.05) is 5.32 Å². The van der Waals surface area contributed by atoms with Crippen LogP contribution < -0.4 is 5.32 Å². The second kappa shape index (κ2) is 10.2. The molecule has 0 spiro atoms. The highest BCUT2D eigenvalue weighted by Gasteiger charge is 2.02. The van der Waals surface area contributed by atoms with Crippen molar-refractivity contribution >= 4 is 11.4 Å². The van der Waals surface area contributed by atoms with Gasteiger partial charge in [-0.1, -0.05) is 43.0 Å². The molecule has 0 aliphatic carbocycles. The summed E-state index contributed by atoms with van der Waals surface area (Å²) in [7, 11) is 0. The van der Waals surface area contributed by atoms with Gasteiger partial charge in [-0.15, -0.1) is 0 Å². The van der Waals surface area contributed by atoms with Crippen molar-refractivity contribution in [3.8, 4) is 0 Å². The summed E-state index contributed by atoms with van der Waals surface area (Å²) in [5.41, 5.74) is 6.36. The Labute approximate surface area is 146 Å². The Morgan fingerprint density at radius 3 is 2.54 bits per heavy atom. The molecule has 0 atom stereocenters. The van der Waals surface area contributed by atoms with Crippen LogP contribution in [0.3, 0.4) is 0 Å². The molecule has 126 valence electrons. The van der Waals surface area contributed by atoms with Crippen LogP contribution in [-0.2, 0) is 0 Å². The Bertz CT molecular complexity index is 713. The zero-order valence-electron chi connectivity index (χ0n) is 15.4. The number of nitrogens with zero attached hydrogens (tertiary/aromatic N) is 1. The zero-order valence-corrected chi connectivity index (χ0v) is 15.4. The maximum atomic E-state index is 4.61. The van der Waals surface area contributed by atoms with Crippen molar-refractivity contribution in [1.82, 2.24) is 0 Å². The number of nitrogens with one attached hydrogen (secondary N) is 1. The largest absolute Gasteiger partial charge is 0.354 e. The van der Waals surface area contributed by atoms with Gasteiger partial charge in [-0.05, 0) is 69.5 Å². The summed E-state index contributed by atoms with van der Waals surface area (Å²) in [5, 5.41) is 3.45. The molecule has 0 bridgehead atoms. The van der Waals surface area contributed by atoms with Crippen LogP contribution in [0.15, 0.2) is 89.3 Å². The van der Waals surface area contributed by atoms with Gasteiger partial charge in [0, 0.05) is 11.9 Å². The number of benzene rings is 1. The summed E-state index contributed by atoms with van der Waals surface area (Å²) in [5.74, 6) is 0. The van der Waals surface area contributed by atoms with Gasteiger partial charge < -0.3 is 5.32 Å². The van der Waals surface area contributed by atoms with Gasteiger partial charge >= 0.3 is 0 Å². The second-order valence-electron chi connectivity index (χ2n) is 5.58. The third-order valence-corrected chi connectivity index (χ3v) is 3.58. The minimum atomic E-state index is 0.925. The lowest BCUT2D eigenvalue weighted by atomic mass is 10.1. The Balaban J connectivity index is 3.10. The van der Waals surface area contributed by atoms with Crippen LogP contribution in [-0.4, -0.2) is 5.71 Å². The molecule has 0 unspecified atom stereocenters. The first-order valence-electron chi connectivity index (χ1n) is 8.19. The monoisotopic (exact) mass is 320 g/mol. The third kappa shape index (κ3) is 6.25. The molecular formula is C22H28N2. The van der Waals surface area contributed by atoms with E-state index in [-0.39, 0.29) is 0 Å². The molecule has 1 rings (SSSR count). The summed E-state index contributed by atoms with van der Waals surface area (Å²) >= 11 is 0. The molecular weight excluding hydrogens is 292 g/mol. The van der Waals surface area contributed by atoms with Crippen molar-refractivity contribution in [2.45, 2.75) is 34.6 Å². The Morgan fingerprint density at radius 2 is 1.96 bits per heavy atom. The lowest BCUT2D eigenvalue weighted by Crippen LogP contribution is -2.08. The highest BCUT2D eigenvalue weighted by Crippen LogP contribution is 2.15. The van der Waals surface area contributed by atoms with Crippen LogP contribution in [0, 0.1) is 6.92 Å². The van der Waals surface area contributed by atoms with E-state index in [1.54, 1.807) is 0 Å². The van der Waals surface area contributed by atoms with Crippen molar-refractivity contribution in [1.29, 1.82) is 0 Å². The Morgan fingerprint density at radius 1 is 1.21 bits per heavy atom. The predicted octanol–water partition coefficient (Wildman–Crippen LogP) is 6.36. The SMILES string of the molecule is C=CC(=C\C)/C(C)=C/N=C(C)/C(=C\C=C/C)Nc1cccc(C)c1. The Hall–Kier alpha value is -2.61. The van der Waals surface area contributed by atoms with E-state index in [9.17, 15) is 0 Å². The molecule has 0 saturated heterocycles. The normalized spacial score (nSPS) is 14.2. The molecule has 2 nitrogen and oxygen atoms in total. The minimum absolute atomic E-state index is 0.925. The fourth-order valence-electron chi connectivity index (χ4n) is 2.17. The maximum Gasteiger partial charge on any atom is 0.0607 e. The first-order valence-corrected chi connectivity index (χ1v) is 8.19. The molecule has 0 saturated carbocycles. The molecule has 0 aromatic heterocycles. The van der Waals surface area contributed by atoms with Gasteiger partial charge in [-0.25, -0.2) is 0 Å². The van der Waals surface area contributed by atoms with E-state index in [1.165, 1.54) is 5.56 Å². The predicted molar refractivity (Wildman–Crippen MR) is 109 cm³/mol. The van der Waals surface area contributed by atoms with Gasteiger partial charge in [-0.2, -0.15) is 0 Å². The van der Waals surface area contributed by atoms with Gasteiger partial charge in [0.15, 0.2) is 0 Å². The highest BCUT2D eigenvalue weighted by molar-refractivity contribution is 6.01. The lowest BCUT2D eigenvalue weighted by Gasteiger charge is -2.11. The number of aliphatic imine (C=N–C) groups is 1. The van der Waals surface area contributed by atoms with Crippen LogP contribution in [0.4, 0.5) is 5.69 Å². The Kier molecular flexibility index (Phi) is 8.28. The number of aryl methyl sites for hydroxylation is 1. The molecule has 1 aromatic carbocycles. The van der Waals surface area contributed by atoms with Crippen LogP contribution in [0.5, 0.6) is 0 Å². The minimum Gasteiger partial charge on any atom is -0.354 e. The van der Waals surface area contributed by atoms with Crippen molar-refractivity contribution < 1.29 is 0 Å². The standard InChI is InChI=1S/C22H28N2/c1-7-10-14-22(24-21-13-11-12-17(4)15-21)19(6)23-16-18(5)20(8-2)9-3/h7-16,24H,2H2,1,3-6H3/b10-7-,18-16+,20-9+,22-14+,23-19+. The van der Waals surface area contributed by atoms with E-state index < -0.39 is 0 Å². The number of hydrogen-bond acceptors (Lipinski definition) is 2. The van der Waals surface area contributed by atoms with Gasteiger partial charge in [0.1, 0.15) is 0 Å². The fraction of sp³-hybridized carbons (Fsp3) is 0.227. The average molecular weight is 320 g/mol. The summed E-state index contributed by atoms with van der Waals surface area (Å²) < 4.78 is 0. The maximum absolute atomic E-state index is 4.61. The topological polar surface area (TPSA) is 24.4 Å². The number of anilines is 1. The molecule has 0 radical (unpaired) electrons. The molecule has 1 N–H and O–H groups in total. The molecule has 0 aliphatic heterocycles. The molecule has 1 aromatic rings. The first kappa shape index (κ1) is 19.4. The lowest BCUT2D eigenvalue weighted by molar-refractivity contribution is 1.34. The van der Waals surface area contributed by atoms with Crippen LogP contribution in [0.2, 0.25) is 0 Å². The van der Waals surface area contributed by atoms with E-state index in [4.69, 9.17) is 0 Å². The van der Waals surface area contributed by atoms with E-state index in [2.05, 4.69) is 42.0 Å². The quantitative estimate of drug-likeness (QED) is 0.458. The number of hydrogen-bond donors (Lipinski definition) is 1. The van der Waals surface area contributed by atoms with E-state index in [0.717, 1.165) is 28.2 Å². The van der Waals surface area contributed by atoms with E-state index >= 15 is 0 Å². The summed E-state index contributed by atoms with van der Waals surface area (Å²) in [6, 6.07) is 8.30. The molecule has 0 heterocycles. The molecule has 2 heteroatoms. The van der Waals surface area contributed by atoms with Crippen LogP contribution >= 0.6 is 0 Å². The smallest absolute Gasteiger partial charge is 0.0607 e. The van der Waals surface area contributed by atoms with Crippen molar-refractivity contribution in [2.24, 2.45) is 4.99 Å². The second-order valence-corrected chi connectivity index (χ2v) is 5.58. The summed E-state index contributed by atoms with van der Waals surface area (Å²) in [4.78, 5) is 4.61. The van der Waals surface area contributed by atoms with Gasteiger partial charge in [-0.3, -0.25) is 4.99 Å². The van der Waals surface area contributed by atoms with Crippen molar-refractivity contribution in [3.05, 3.63) is 89.8 Å². The first-order chi connectivity index (χ1) is 11.5. The van der Waals surface area contributed by atoms with Crippen LogP contribution in [0.25, 0.3) is 0 Å². The highest BCUT2D eigenvalue weighted by atomic mass is 14.9. The third-order valence-electron chi connectivity index (χ3n) is 3.58. The van der Waals surface area contributed by atoms with Crippen LogP contribution in [0.1, 0.15) is 33.3 Å². The number of rotatable bonds is 7. The average Bonchev–Trinajstić information content (AvgIpc) is 2.57. The number of allylic oxidation sites excluding steroid dienone is 8. The van der Waals surface area contributed by atoms with Gasteiger partial charge in [0.2, 0.25) is 0 Å².